The summed E-state index contributed by atoms with van der Waals surface area (Å²) in [5.41, 5.74) is 5.82. The Bertz CT molecular complexity index is 383. The molecule has 2 rings (SSSR count). The zero-order chi connectivity index (χ0) is 16.2. The van der Waals surface area contributed by atoms with E-state index in [1.54, 1.807) is 4.90 Å². The van der Waals surface area contributed by atoms with Gasteiger partial charge in [-0.05, 0) is 24.8 Å². The Morgan fingerprint density at radius 2 is 1.54 bits per heavy atom. The molecule has 9 heteroatoms. The molecule has 2 aliphatic rings. The summed E-state index contributed by atoms with van der Waals surface area (Å²) in [5, 5.41) is 0. The minimum absolute atomic E-state index is 0. The Balaban J connectivity index is 0.00000264. The number of alkyl halides is 3. The van der Waals surface area contributed by atoms with Crippen LogP contribution >= 0.6 is 24.8 Å². The summed E-state index contributed by atoms with van der Waals surface area (Å²) in [5.74, 6) is 0.0546. The van der Waals surface area contributed by atoms with Crippen molar-refractivity contribution in [2.24, 2.45) is 11.1 Å². The van der Waals surface area contributed by atoms with Gasteiger partial charge in [0.2, 0.25) is 5.91 Å². The van der Waals surface area contributed by atoms with E-state index in [0.29, 0.717) is 39.1 Å². The summed E-state index contributed by atoms with van der Waals surface area (Å²) in [6, 6.07) is 0. The second-order valence-corrected chi connectivity index (χ2v) is 6.71. The van der Waals surface area contributed by atoms with E-state index in [4.69, 9.17) is 5.73 Å². The molecule has 0 atom stereocenters. The van der Waals surface area contributed by atoms with E-state index in [0.717, 1.165) is 25.7 Å². The standard InChI is InChI=1S/C15H26F3N3O.2ClH/c16-15(17,18)12-20-6-8-21(9-7-20)13(22)10-14(11-19)4-2-1-3-5-14;;/h1-12,19H2;2*1H. The van der Waals surface area contributed by atoms with Gasteiger partial charge < -0.3 is 10.6 Å². The predicted octanol–water partition coefficient (Wildman–Crippen LogP) is 2.84. The van der Waals surface area contributed by atoms with Gasteiger partial charge in [-0.1, -0.05) is 19.3 Å². The van der Waals surface area contributed by atoms with E-state index >= 15 is 0 Å². The summed E-state index contributed by atoms with van der Waals surface area (Å²) in [6.07, 6.45) is 1.69. The van der Waals surface area contributed by atoms with Crippen molar-refractivity contribution in [3.05, 3.63) is 0 Å². The van der Waals surface area contributed by atoms with Gasteiger partial charge in [0.1, 0.15) is 0 Å². The number of halogens is 5. The quantitative estimate of drug-likeness (QED) is 0.798. The Labute approximate surface area is 154 Å². The lowest BCUT2D eigenvalue weighted by Crippen LogP contribution is -2.52. The van der Waals surface area contributed by atoms with Crippen LogP contribution in [0, 0.1) is 5.41 Å². The number of piperazine rings is 1. The molecule has 144 valence electrons. The van der Waals surface area contributed by atoms with Crippen molar-refractivity contribution in [1.82, 2.24) is 9.80 Å². The molecule has 1 aliphatic carbocycles. The lowest BCUT2D eigenvalue weighted by atomic mass is 9.71. The van der Waals surface area contributed by atoms with Gasteiger partial charge in [0.05, 0.1) is 6.54 Å². The lowest BCUT2D eigenvalue weighted by molar-refractivity contribution is -0.152. The summed E-state index contributed by atoms with van der Waals surface area (Å²) in [4.78, 5) is 15.5. The number of hydrogen-bond acceptors (Lipinski definition) is 3. The lowest BCUT2D eigenvalue weighted by Gasteiger charge is -2.39. The van der Waals surface area contributed by atoms with Gasteiger partial charge in [-0.2, -0.15) is 13.2 Å². The molecule has 1 heterocycles. The Morgan fingerprint density at radius 3 is 2.00 bits per heavy atom. The summed E-state index contributed by atoms with van der Waals surface area (Å²) in [6.45, 7) is 0.988. The van der Waals surface area contributed by atoms with Crippen molar-refractivity contribution < 1.29 is 18.0 Å². The van der Waals surface area contributed by atoms with Crippen molar-refractivity contribution >= 4 is 30.7 Å². The average molecular weight is 394 g/mol. The zero-order valence-corrected chi connectivity index (χ0v) is 15.4. The third-order valence-corrected chi connectivity index (χ3v) is 5.00. The van der Waals surface area contributed by atoms with E-state index in [1.165, 1.54) is 11.3 Å². The minimum Gasteiger partial charge on any atom is -0.340 e. The minimum atomic E-state index is -4.17. The maximum Gasteiger partial charge on any atom is 0.401 e. The summed E-state index contributed by atoms with van der Waals surface area (Å²) < 4.78 is 37.1. The van der Waals surface area contributed by atoms with Gasteiger partial charge in [0.25, 0.3) is 0 Å². The van der Waals surface area contributed by atoms with Crippen molar-refractivity contribution in [2.45, 2.75) is 44.7 Å². The molecular weight excluding hydrogens is 366 g/mol. The molecule has 0 radical (unpaired) electrons. The fourth-order valence-corrected chi connectivity index (χ4v) is 3.60. The number of nitrogens with two attached hydrogens (primary N) is 1. The molecule has 1 aliphatic heterocycles. The number of amides is 1. The molecule has 1 saturated heterocycles. The molecule has 0 aromatic heterocycles. The highest BCUT2D eigenvalue weighted by molar-refractivity contribution is 5.85. The van der Waals surface area contributed by atoms with Crippen LogP contribution in [0.3, 0.4) is 0 Å². The summed E-state index contributed by atoms with van der Waals surface area (Å²) >= 11 is 0. The Kier molecular flexibility index (Phi) is 9.94. The average Bonchev–Trinajstić information content (AvgIpc) is 2.47. The first-order valence-electron chi connectivity index (χ1n) is 8.11. The van der Waals surface area contributed by atoms with Crippen LogP contribution in [-0.4, -0.2) is 61.2 Å². The second-order valence-electron chi connectivity index (χ2n) is 6.71. The molecule has 0 aromatic carbocycles. The molecule has 1 amide bonds. The van der Waals surface area contributed by atoms with Crippen molar-refractivity contribution in [1.29, 1.82) is 0 Å². The summed E-state index contributed by atoms with van der Waals surface area (Å²) in [7, 11) is 0. The van der Waals surface area contributed by atoms with Crippen molar-refractivity contribution in [3.63, 3.8) is 0 Å². The van der Waals surface area contributed by atoms with Crippen LogP contribution in [0.1, 0.15) is 38.5 Å². The molecule has 0 unspecified atom stereocenters. The first kappa shape index (κ1) is 23.8. The molecule has 24 heavy (non-hydrogen) atoms. The number of carbonyl (C=O) groups excluding carboxylic acids is 1. The Hall–Kier alpha value is -0.240. The normalized spacial score (nSPS) is 21.6. The van der Waals surface area contributed by atoms with Crippen LogP contribution in [0.15, 0.2) is 0 Å². The number of carbonyl (C=O) groups is 1. The van der Waals surface area contributed by atoms with Gasteiger partial charge in [0.15, 0.2) is 0 Å². The van der Waals surface area contributed by atoms with E-state index in [-0.39, 0.29) is 36.1 Å². The van der Waals surface area contributed by atoms with Crippen LogP contribution in [-0.2, 0) is 4.79 Å². The largest absolute Gasteiger partial charge is 0.401 e. The molecule has 0 bridgehead atoms. The topological polar surface area (TPSA) is 49.6 Å². The highest BCUT2D eigenvalue weighted by Crippen LogP contribution is 2.38. The maximum absolute atomic E-state index is 12.5. The van der Waals surface area contributed by atoms with Crippen LogP contribution in [0.5, 0.6) is 0 Å². The molecule has 0 spiro atoms. The highest BCUT2D eigenvalue weighted by atomic mass is 35.5. The van der Waals surface area contributed by atoms with Gasteiger partial charge in [0, 0.05) is 32.6 Å². The van der Waals surface area contributed by atoms with E-state index < -0.39 is 12.7 Å². The second kappa shape index (κ2) is 10.0. The number of nitrogens with zero attached hydrogens (tertiary/aromatic N) is 2. The molecule has 2 fully saturated rings. The monoisotopic (exact) mass is 393 g/mol. The molecule has 0 aromatic rings. The molecule has 2 N–H and O–H groups in total. The number of hydrogen-bond donors (Lipinski definition) is 1. The van der Waals surface area contributed by atoms with E-state index in [9.17, 15) is 18.0 Å². The van der Waals surface area contributed by atoms with Gasteiger partial charge in [-0.15, -0.1) is 24.8 Å². The van der Waals surface area contributed by atoms with Crippen LogP contribution in [0.25, 0.3) is 0 Å². The SMILES string of the molecule is Cl.Cl.NCC1(CC(=O)N2CCN(CC(F)(F)F)CC2)CCCCC1. The van der Waals surface area contributed by atoms with Crippen LogP contribution < -0.4 is 5.73 Å². The van der Waals surface area contributed by atoms with Gasteiger partial charge in [-0.3, -0.25) is 9.69 Å². The predicted molar refractivity (Wildman–Crippen MR) is 92.8 cm³/mol. The fraction of sp³-hybridized carbons (Fsp3) is 0.933. The first-order valence-corrected chi connectivity index (χ1v) is 8.11. The van der Waals surface area contributed by atoms with Crippen molar-refractivity contribution in [2.75, 3.05) is 39.3 Å². The van der Waals surface area contributed by atoms with Gasteiger partial charge >= 0.3 is 6.18 Å². The Morgan fingerprint density at radius 1 is 1.00 bits per heavy atom. The zero-order valence-electron chi connectivity index (χ0n) is 13.8. The molecule has 4 nitrogen and oxygen atoms in total. The smallest absolute Gasteiger partial charge is 0.340 e. The number of rotatable bonds is 4. The third kappa shape index (κ3) is 6.94. The van der Waals surface area contributed by atoms with E-state index in [1.807, 2.05) is 0 Å². The third-order valence-electron chi connectivity index (χ3n) is 5.00. The fourth-order valence-electron chi connectivity index (χ4n) is 3.60. The van der Waals surface area contributed by atoms with Crippen LogP contribution in [0.4, 0.5) is 13.2 Å². The highest BCUT2D eigenvalue weighted by Gasteiger charge is 2.36. The van der Waals surface area contributed by atoms with Crippen molar-refractivity contribution in [3.8, 4) is 0 Å². The molecular formula is C15H28Cl2F3N3O. The van der Waals surface area contributed by atoms with Crippen LogP contribution in [0.2, 0.25) is 0 Å². The van der Waals surface area contributed by atoms with Gasteiger partial charge in [-0.25, -0.2) is 0 Å². The van der Waals surface area contributed by atoms with E-state index in [2.05, 4.69) is 0 Å². The first-order chi connectivity index (χ1) is 10.3. The maximum atomic E-state index is 12.5. The molecule has 1 saturated carbocycles.